The molecular weight excluding hydrogens is 355 g/mol. The maximum Gasteiger partial charge on any atom is 0.191 e. The van der Waals surface area contributed by atoms with Crippen molar-refractivity contribution in [1.82, 2.24) is 20.5 Å². The molecule has 0 saturated carbocycles. The van der Waals surface area contributed by atoms with Crippen LogP contribution in [0.2, 0.25) is 0 Å². The molecule has 7 heteroatoms. The zero-order valence-electron chi connectivity index (χ0n) is 17.3. The molecule has 2 aliphatic heterocycles. The highest BCUT2D eigenvalue weighted by Gasteiger charge is 2.25. The first kappa shape index (κ1) is 20.8. The van der Waals surface area contributed by atoms with E-state index in [0.29, 0.717) is 5.82 Å². The number of hydrogen-bond donors (Lipinski definition) is 2. The van der Waals surface area contributed by atoms with E-state index in [0.717, 1.165) is 44.4 Å². The van der Waals surface area contributed by atoms with Gasteiger partial charge in [0.25, 0.3) is 0 Å². The van der Waals surface area contributed by atoms with Crippen LogP contribution in [0.25, 0.3) is 0 Å². The van der Waals surface area contributed by atoms with Crippen LogP contribution in [0.4, 0.5) is 10.2 Å². The Morgan fingerprint density at radius 2 is 2.18 bits per heavy atom. The Morgan fingerprint density at radius 1 is 1.29 bits per heavy atom. The van der Waals surface area contributed by atoms with Gasteiger partial charge in [-0.25, -0.2) is 9.37 Å². The van der Waals surface area contributed by atoms with Gasteiger partial charge in [0, 0.05) is 45.5 Å². The van der Waals surface area contributed by atoms with Gasteiger partial charge in [-0.15, -0.1) is 0 Å². The van der Waals surface area contributed by atoms with Crippen molar-refractivity contribution < 1.29 is 4.39 Å². The maximum atomic E-state index is 13.9. The number of nitrogens with zero attached hydrogens (tertiary/aromatic N) is 4. The Hall–Kier alpha value is -1.89. The molecule has 2 N–H and O–H groups in total. The average molecular weight is 391 g/mol. The fourth-order valence-electron chi connectivity index (χ4n) is 4.23. The minimum absolute atomic E-state index is 0.252. The second-order valence-electron chi connectivity index (χ2n) is 8.14. The number of aliphatic imine (C=N–C) groups is 1. The van der Waals surface area contributed by atoms with Crippen LogP contribution >= 0.6 is 0 Å². The van der Waals surface area contributed by atoms with Gasteiger partial charge in [-0.3, -0.25) is 4.99 Å². The fraction of sp³-hybridized carbons (Fsp3) is 0.714. The third kappa shape index (κ3) is 6.06. The van der Waals surface area contributed by atoms with Crippen molar-refractivity contribution in [3.63, 3.8) is 0 Å². The number of nitrogens with one attached hydrogen (secondary N) is 2. The summed E-state index contributed by atoms with van der Waals surface area (Å²) in [5.41, 5.74) is 0. The summed E-state index contributed by atoms with van der Waals surface area (Å²) >= 11 is 0. The summed E-state index contributed by atoms with van der Waals surface area (Å²) in [4.78, 5) is 13.1. The number of rotatable bonds is 7. The average Bonchev–Trinajstić information content (AvgIpc) is 3.15. The monoisotopic (exact) mass is 390 g/mol. The second kappa shape index (κ2) is 10.6. The normalized spacial score (nSPS) is 23.8. The Balaban J connectivity index is 1.33. The number of pyridine rings is 1. The summed E-state index contributed by atoms with van der Waals surface area (Å²) in [5, 5.41) is 6.89. The van der Waals surface area contributed by atoms with Crippen molar-refractivity contribution in [2.24, 2.45) is 10.9 Å². The minimum atomic E-state index is -0.256. The molecule has 156 valence electrons. The number of likely N-dealkylation sites (tertiary alicyclic amines) is 1. The summed E-state index contributed by atoms with van der Waals surface area (Å²) in [7, 11) is 1.80. The van der Waals surface area contributed by atoms with Gasteiger partial charge in [-0.2, -0.15) is 0 Å². The Bertz CT molecular complexity index is 637. The molecular formula is C21H35FN6. The lowest BCUT2D eigenvalue weighted by Gasteiger charge is -2.30. The van der Waals surface area contributed by atoms with Crippen LogP contribution in [-0.4, -0.2) is 68.2 Å². The Labute approximate surface area is 168 Å². The third-order valence-electron chi connectivity index (χ3n) is 5.73. The van der Waals surface area contributed by atoms with Crippen molar-refractivity contribution in [2.75, 3.05) is 51.2 Å². The van der Waals surface area contributed by atoms with E-state index in [1.807, 2.05) is 4.90 Å². The molecule has 0 spiro atoms. The van der Waals surface area contributed by atoms with E-state index < -0.39 is 0 Å². The first-order chi connectivity index (χ1) is 13.7. The van der Waals surface area contributed by atoms with E-state index in [1.54, 1.807) is 19.3 Å². The van der Waals surface area contributed by atoms with E-state index in [9.17, 15) is 4.39 Å². The zero-order chi connectivity index (χ0) is 19.8. The predicted octanol–water partition coefficient (Wildman–Crippen LogP) is 2.48. The van der Waals surface area contributed by atoms with Crippen LogP contribution in [-0.2, 0) is 0 Å². The fourth-order valence-corrected chi connectivity index (χ4v) is 4.23. The van der Waals surface area contributed by atoms with Crippen LogP contribution in [0.5, 0.6) is 0 Å². The van der Waals surface area contributed by atoms with E-state index in [-0.39, 0.29) is 11.9 Å². The first-order valence-electron chi connectivity index (χ1n) is 10.7. The van der Waals surface area contributed by atoms with Gasteiger partial charge in [0.1, 0.15) is 0 Å². The molecule has 0 radical (unpaired) electrons. The van der Waals surface area contributed by atoms with Gasteiger partial charge in [-0.1, -0.05) is 6.92 Å². The molecule has 0 aliphatic carbocycles. The molecule has 6 nitrogen and oxygen atoms in total. The van der Waals surface area contributed by atoms with Crippen LogP contribution in [0.1, 0.15) is 39.0 Å². The smallest absolute Gasteiger partial charge is 0.191 e. The molecule has 3 heterocycles. The number of guanidine groups is 1. The van der Waals surface area contributed by atoms with Crippen LogP contribution < -0.4 is 15.5 Å². The molecule has 2 unspecified atom stereocenters. The molecule has 2 saturated heterocycles. The molecule has 2 fully saturated rings. The van der Waals surface area contributed by atoms with Crippen molar-refractivity contribution in [3.05, 3.63) is 24.1 Å². The van der Waals surface area contributed by atoms with Gasteiger partial charge < -0.3 is 20.4 Å². The van der Waals surface area contributed by atoms with Crippen LogP contribution in [0.3, 0.4) is 0 Å². The van der Waals surface area contributed by atoms with E-state index in [1.165, 1.54) is 45.0 Å². The van der Waals surface area contributed by atoms with Gasteiger partial charge in [0.15, 0.2) is 17.6 Å². The molecule has 0 amide bonds. The van der Waals surface area contributed by atoms with Gasteiger partial charge in [-0.05, 0) is 63.2 Å². The maximum absolute atomic E-state index is 13.9. The molecule has 2 atom stereocenters. The standard InChI is InChI=1S/C21H35FN6/c1-17-7-6-13-27(15-17)12-4-3-10-25-21(23-2)26-18-9-14-28(16-18)20-19(22)8-5-11-24-20/h5,8,11,17-18H,3-4,6-7,9-10,12-16H2,1-2H3,(H2,23,25,26). The topological polar surface area (TPSA) is 55.8 Å². The van der Waals surface area contributed by atoms with Gasteiger partial charge in [0.05, 0.1) is 0 Å². The molecule has 1 aromatic rings. The molecule has 0 bridgehead atoms. The van der Waals surface area contributed by atoms with Crippen molar-refractivity contribution in [3.8, 4) is 0 Å². The van der Waals surface area contributed by atoms with Crippen LogP contribution in [0.15, 0.2) is 23.3 Å². The number of halogens is 1. The van der Waals surface area contributed by atoms with Crippen molar-refractivity contribution in [2.45, 2.75) is 45.1 Å². The lowest BCUT2D eigenvalue weighted by molar-refractivity contribution is 0.181. The summed E-state index contributed by atoms with van der Waals surface area (Å²) in [5.74, 6) is 1.87. The SMILES string of the molecule is CN=C(NCCCCN1CCCC(C)C1)NC1CCN(c2ncccc2F)C1. The minimum Gasteiger partial charge on any atom is -0.356 e. The number of aromatic nitrogens is 1. The van der Waals surface area contributed by atoms with Crippen LogP contribution in [0, 0.1) is 11.7 Å². The molecule has 0 aromatic carbocycles. The molecule has 3 rings (SSSR count). The zero-order valence-corrected chi connectivity index (χ0v) is 17.3. The number of anilines is 1. The molecule has 28 heavy (non-hydrogen) atoms. The third-order valence-corrected chi connectivity index (χ3v) is 5.73. The lowest BCUT2D eigenvalue weighted by atomic mass is 10.0. The summed E-state index contributed by atoms with van der Waals surface area (Å²) in [6, 6.07) is 3.35. The number of hydrogen-bond acceptors (Lipinski definition) is 4. The van der Waals surface area contributed by atoms with E-state index in [2.05, 4.69) is 32.4 Å². The summed E-state index contributed by atoms with van der Waals surface area (Å²) in [6.07, 6.45) is 7.67. The largest absolute Gasteiger partial charge is 0.356 e. The number of piperidine rings is 1. The molecule has 2 aliphatic rings. The predicted molar refractivity (Wildman–Crippen MR) is 113 cm³/mol. The lowest BCUT2D eigenvalue weighted by Crippen LogP contribution is -2.45. The van der Waals surface area contributed by atoms with Crippen molar-refractivity contribution >= 4 is 11.8 Å². The van der Waals surface area contributed by atoms with Gasteiger partial charge in [0.2, 0.25) is 0 Å². The quantitative estimate of drug-likeness (QED) is 0.426. The van der Waals surface area contributed by atoms with E-state index >= 15 is 0 Å². The summed E-state index contributed by atoms with van der Waals surface area (Å²) in [6.45, 7) is 8.54. The first-order valence-corrected chi connectivity index (χ1v) is 10.7. The van der Waals surface area contributed by atoms with Gasteiger partial charge >= 0.3 is 0 Å². The van der Waals surface area contributed by atoms with E-state index in [4.69, 9.17) is 0 Å². The number of unbranched alkanes of at least 4 members (excludes halogenated alkanes) is 1. The highest BCUT2D eigenvalue weighted by molar-refractivity contribution is 5.80. The summed E-state index contributed by atoms with van der Waals surface area (Å²) < 4.78 is 13.9. The molecule has 1 aromatic heterocycles. The highest BCUT2D eigenvalue weighted by Crippen LogP contribution is 2.20. The Kier molecular flexibility index (Phi) is 7.89. The highest BCUT2D eigenvalue weighted by atomic mass is 19.1. The Morgan fingerprint density at radius 3 is 2.96 bits per heavy atom. The second-order valence-corrected chi connectivity index (χ2v) is 8.14. The van der Waals surface area contributed by atoms with Crippen molar-refractivity contribution in [1.29, 1.82) is 0 Å².